The molecular formula is C100H60BBrN4. The molecule has 0 spiro atoms. The average Bonchev–Trinajstić information content (AvgIpc) is 1.37. The standard InChI is InChI=1S/C50H29BN2.C50H31BrN2/c1-3-14-30(15-4-1)52-42-26-9-7-18-34(42)48-36-22-12-24-40-46(36)38(28-44(48)52)32-20-11-21-33-39-29-45-49(37-23-13-25-41(47(37)39)51(40)50(32)33)35-19-8-10-27-43(35)53(45)31-16-5-2-6-17-31;51-50-38(42-30-46-48(36-22-9-7-20-34(36)42)40-24-11-13-28-44(40)52(46)32-16-3-1-4-17-32)26-15-27-39(50)43-31-47-49(37-23-10-8-21-35(37)43)41-25-12-14-29-45(41)53(47)33-18-5-2-6-19-33/h1-29H;1-31H. The lowest BCUT2D eigenvalue weighted by molar-refractivity contribution is 1.18. The van der Waals surface area contributed by atoms with Crippen LogP contribution in [0.15, 0.2) is 368 Å². The van der Waals surface area contributed by atoms with Crippen molar-refractivity contribution in [2.24, 2.45) is 0 Å². The molecule has 490 valence electrons. The highest BCUT2D eigenvalue weighted by Gasteiger charge is 2.40. The van der Waals surface area contributed by atoms with Gasteiger partial charge in [0.25, 0.3) is 0 Å². The SMILES string of the molecule is Brc1c(-c2cc3c(c4ccccc24)c2ccccc2n3-c2ccccc2)cccc1-c1cc2c(c3ccccc13)c1ccccc1n2-c1ccccc1.c1ccc(-n2c3ccccc3c3c4cccc5c4c(cc32)-c2cccc3c2B5c2cccc4c2c-3cc2c4c3ccccc3n2-c2ccccc2)cc1. The van der Waals surface area contributed by atoms with E-state index in [-0.39, 0.29) is 6.71 Å². The highest BCUT2D eigenvalue weighted by Crippen LogP contribution is 2.51. The zero-order valence-corrected chi connectivity index (χ0v) is 59.0. The molecule has 0 radical (unpaired) electrons. The monoisotopic (exact) mass is 1410 g/mol. The number of aromatic nitrogens is 4. The maximum Gasteiger partial charge on any atom is 0.244 e. The zero-order valence-electron chi connectivity index (χ0n) is 57.4. The molecule has 18 aromatic carbocycles. The number of rotatable bonds is 6. The van der Waals surface area contributed by atoms with E-state index in [0.29, 0.717) is 0 Å². The second-order valence-corrected chi connectivity index (χ2v) is 29.3. The molecule has 0 unspecified atom stereocenters. The highest BCUT2D eigenvalue weighted by atomic mass is 79.9. The lowest BCUT2D eigenvalue weighted by Gasteiger charge is -2.34. The first kappa shape index (κ1) is 59.3. The van der Waals surface area contributed by atoms with Gasteiger partial charge in [-0.05, 0) is 201 Å². The normalized spacial score (nSPS) is 12.4. The van der Waals surface area contributed by atoms with Gasteiger partial charge in [-0.1, -0.05) is 283 Å². The highest BCUT2D eigenvalue weighted by molar-refractivity contribution is 9.10. The van der Waals surface area contributed by atoms with Gasteiger partial charge in [-0.3, -0.25) is 0 Å². The van der Waals surface area contributed by atoms with E-state index in [1.807, 2.05) is 0 Å². The Morgan fingerprint density at radius 2 is 0.434 bits per heavy atom. The second-order valence-electron chi connectivity index (χ2n) is 28.5. The minimum atomic E-state index is 0.133. The summed E-state index contributed by atoms with van der Waals surface area (Å²) in [6.45, 7) is 0.133. The van der Waals surface area contributed by atoms with Crippen molar-refractivity contribution in [1.29, 1.82) is 0 Å². The molecule has 4 aromatic heterocycles. The van der Waals surface area contributed by atoms with Gasteiger partial charge in [0.2, 0.25) is 6.71 Å². The predicted octanol–water partition coefficient (Wildman–Crippen LogP) is 24.9. The Morgan fingerprint density at radius 3 is 0.774 bits per heavy atom. The van der Waals surface area contributed by atoms with Crippen LogP contribution in [-0.4, -0.2) is 25.0 Å². The summed E-state index contributed by atoms with van der Waals surface area (Å²) in [6.07, 6.45) is 0. The van der Waals surface area contributed by atoms with Crippen LogP contribution in [0.1, 0.15) is 0 Å². The van der Waals surface area contributed by atoms with Crippen LogP contribution in [-0.2, 0) is 0 Å². The van der Waals surface area contributed by atoms with E-state index in [1.54, 1.807) is 0 Å². The minimum absolute atomic E-state index is 0.133. The Bertz CT molecular complexity index is 7070. The molecular weight excluding hydrogens is 1350 g/mol. The van der Waals surface area contributed by atoms with Gasteiger partial charge in [0.05, 0.1) is 44.1 Å². The summed E-state index contributed by atoms with van der Waals surface area (Å²) in [4.78, 5) is 0. The van der Waals surface area contributed by atoms with E-state index in [9.17, 15) is 0 Å². The van der Waals surface area contributed by atoms with Crippen molar-refractivity contribution in [1.82, 2.24) is 18.3 Å². The summed E-state index contributed by atoms with van der Waals surface area (Å²) >= 11 is 4.24. The molecule has 0 bridgehead atoms. The number of hydrogen-bond acceptors (Lipinski definition) is 0. The number of benzene rings is 18. The van der Waals surface area contributed by atoms with Crippen molar-refractivity contribution < 1.29 is 0 Å². The van der Waals surface area contributed by atoms with E-state index in [4.69, 9.17) is 0 Å². The molecule has 6 heterocycles. The van der Waals surface area contributed by atoms with Crippen LogP contribution < -0.4 is 16.4 Å². The number of nitrogens with zero attached hydrogens (tertiary/aromatic N) is 4. The summed E-state index contributed by atoms with van der Waals surface area (Å²) in [5.74, 6) is 0. The van der Waals surface area contributed by atoms with E-state index in [0.717, 1.165) is 15.8 Å². The van der Waals surface area contributed by atoms with Crippen LogP contribution in [0.4, 0.5) is 0 Å². The summed E-state index contributed by atoms with van der Waals surface area (Å²) in [7, 11) is 0. The summed E-state index contributed by atoms with van der Waals surface area (Å²) in [5, 5.41) is 20.7. The number of fused-ring (bicyclic) bond motifs is 22. The van der Waals surface area contributed by atoms with E-state index < -0.39 is 0 Å². The quantitative estimate of drug-likeness (QED) is 0.148. The lowest BCUT2D eigenvalue weighted by Crippen LogP contribution is -2.57. The largest absolute Gasteiger partial charge is 0.309 e. The first-order chi connectivity index (χ1) is 52.6. The molecule has 0 saturated heterocycles. The van der Waals surface area contributed by atoms with Crippen molar-refractivity contribution in [3.05, 3.63) is 368 Å². The van der Waals surface area contributed by atoms with Crippen LogP contribution in [0.2, 0.25) is 0 Å². The third-order valence-electron chi connectivity index (χ3n) is 23.2. The maximum atomic E-state index is 4.24. The molecule has 2 aliphatic rings. The summed E-state index contributed by atoms with van der Waals surface area (Å²) in [5.41, 5.74) is 28.8. The van der Waals surface area contributed by atoms with Gasteiger partial charge in [0.15, 0.2) is 0 Å². The molecule has 4 nitrogen and oxygen atoms in total. The third kappa shape index (κ3) is 8.30. The topological polar surface area (TPSA) is 19.7 Å². The van der Waals surface area contributed by atoms with Crippen LogP contribution in [0.25, 0.3) is 198 Å². The molecule has 106 heavy (non-hydrogen) atoms. The van der Waals surface area contributed by atoms with Gasteiger partial charge in [0, 0.05) is 70.3 Å². The fourth-order valence-electron chi connectivity index (χ4n) is 19.1. The zero-order chi connectivity index (χ0) is 69.4. The van der Waals surface area contributed by atoms with Gasteiger partial charge < -0.3 is 18.3 Å². The average molecular weight is 1410 g/mol. The number of hydrogen-bond donors (Lipinski definition) is 0. The maximum absolute atomic E-state index is 4.24. The van der Waals surface area contributed by atoms with E-state index in [2.05, 4.69) is 398 Å². The van der Waals surface area contributed by atoms with Crippen molar-refractivity contribution in [3.63, 3.8) is 0 Å². The minimum Gasteiger partial charge on any atom is -0.309 e. The van der Waals surface area contributed by atoms with Crippen molar-refractivity contribution >= 4 is 169 Å². The van der Waals surface area contributed by atoms with Crippen LogP contribution in [0, 0.1) is 0 Å². The fourth-order valence-corrected chi connectivity index (χ4v) is 19.8. The number of halogens is 1. The fraction of sp³-hybridized carbons (Fsp3) is 0. The Balaban J connectivity index is 0.000000129. The smallest absolute Gasteiger partial charge is 0.244 e. The summed E-state index contributed by atoms with van der Waals surface area (Å²) in [6, 6.07) is 134. The number of para-hydroxylation sites is 8. The van der Waals surface area contributed by atoms with Gasteiger partial charge in [-0.2, -0.15) is 0 Å². The predicted molar refractivity (Wildman–Crippen MR) is 454 cm³/mol. The second kappa shape index (κ2) is 22.9. The molecule has 0 aliphatic carbocycles. The molecule has 0 saturated carbocycles. The van der Waals surface area contributed by atoms with Crippen LogP contribution in [0.5, 0.6) is 0 Å². The molecule has 2 aliphatic heterocycles. The van der Waals surface area contributed by atoms with Gasteiger partial charge in [0.1, 0.15) is 0 Å². The van der Waals surface area contributed by atoms with Gasteiger partial charge in [-0.15, -0.1) is 0 Å². The third-order valence-corrected chi connectivity index (χ3v) is 24.1. The molecule has 6 heteroatoms. The molecule has 0 atom stereocenters. The molecule has 0 amide bonds. The Labute approximate surface area is 618 Å². The molecule has 0 fully saturated rings. The van der Waals surface area contributed by atoms with Crippen molar-refractivity contribution in [3.8, 4) is 67.3 Å². The van der Waals surface area contributed by atoms with Crippen molar-refractivity contribution in [2.45, 2.75) is 0 Å². The van der Waals surface area contributed by atoms with Crippen LogP contribution >= 0.6 is 15.9 Å². The first-order valence-corrected chi connectivity index (χ1v) is 37.4. The van der Waals surface area contributed by atoms with Gasteiger partial charge in [-0.25, -0.2) is 0 Å². The Morgan fingerprint density at radius 1 is 0.179 bits per heavy atom. The lowest BCUT2D eigenvalue weighted by atomic mass is 9.31. The summed E-state index contributed by atoms with van der Waals surface area (Å²) < 4.78 is 10.8. The Kier molecular flexibility index (Phi) is 12.8. The first-order valence-electron chi connectivity index (χ1n) is 36.6. The van der Waals surface area contributed by atoms with Crippen molar-refractivity contribution in [2.75, 3.05) is 0 Å². The Hall–Kier alpha value is -13.3. The van der Waals surface area contributed by atoms with E-state index in [1.165, 1.54) is 203 Å². The van der Waals surface area contributed by atoms with Gasteiger partial charge >= 0.3 is 0 Å². The molecule has 22 aromatic rings. The molecule has 24 rings (SSSR count). The van der Waals surface area contributed by atoms with Crippen LogP contribution in [0.3, 0.4) is 0 Å². The molecule has 0 N–H and O–H groups in total. The van der Waals surface area contributed by atoms with E-state index >= 15 is 0 Å².